The fourth-order valence-electron chi connectivity index (χ4n) is 4.99. The monoisotopic (exact) mass is 656 g/mol. The van der Waals surface area contributed by atoms with Crippen LogP contribution in [0.25, 0.3) is 0 Å². The van der Waals surface area contributed by atoms with E-state index in [2.05, 4.69) is 47.1 Å². The van der Waals surface area contributed by atoms with Gasteiger partial charge in [0.25, 0.3) is 0 Å². The number of nitrogens with one attached hydrogen (secondary N) is 2. The van der Waals surface area contributed by atoms with Crippen molar-refractivity contribution >= 4 is 34.4 Å². The zero-order valence-corrected chi connectivity index (χ0v) is 25.0. The fraction of sp³-hybridized carbons (Fsp3) is 0.517. The van der Waals surface area contributed by atoms with Crippen LogP contribution in [0, 0.1) is 21.1 Å². The predicted octanol–water partition coefficient (Wildman–Crippen LogP) is 3.33. The maximum absolute atomic E-state index is 13.9. The first kappa shape index (κ1) is 31.4. The Labute approximate surface area is 243 Å². The lowest BCUT2D eigenvalue weighted by Gasteiger charge is -2.43. The summed E-state index contributed by atoms with van der Waals surface area (Å²) in [4.78, 5) is 29.7. The molecule has 2 aromatic carbocycles. The highest BCUT2D eigenvalue weighted by molar-refractivity contribution is 14.1. The summed E-state index contributed by atoms with van der Waals surface area (Å²) < 4.78 is 28.8. The predicted molar refractivity (Wildman–Crippen MR) is 156 cm³/mol. The molecule has 0 spiro atoms. The van der Waals surface area contributed by atoms with Crippen molar-refractivity contribution in [3.05, 3.63) is 68.8 Å². The molecule has 3 atom stereocenters. The fourth-order valence-corrected chi connectivity index (χ4v) is 5.60. The van der Waals surface area contributed by atoms with Crippen LogP contribution in [0.4, 0.5) is 8.78 Å². The molecule has 2 amide bonds. The van der Waals surface area contributed by atoms with Gasteiger partial charge in [-0.25, -0.2) is 8.78 Å². The number of nitrogens with zero attached hydrogens (tertiary/aromatic N) is 2. The molecule has 0 unspecified atom stereocenters. The van der Waals surface area contributed by atoms with E-state index in [-0.39, 0.29) is 49.8 Å². The number of piperazine rings is 1. The molecule has 1 saturated heterocycles. The number of aliphatic hydroxyl groups is 1. The summed E-state index contributed by atoms with van der Waals surface area (Å²) in [7, 11) is 0. The van der Waals surface area contributed by atoms with E-state index in [4.69, 9.17) is 0 Å². The molecule has 0 saturated carbocycles. The van der Waals surface area contributed by atoms with Crippen molar-refractivity contribution in [2.45, 2.75) is 58.3 Å². The average molecular weight is 657 g/mol. The van der Waals surface area contributed by atoms with Crippen LogP contribution < -0.4 is 10.6 Å². The van der Waals surface area contributed by atoms with E-state index in [1.165, 1.54) is 12.1 Å². The van der Waals surface area contributed by atoms with E-state index in [1.54, 1.807) is 0 Å². The maximum atomic E-state index is 13.9. The quantitative estimate of drug-likeness (QED) is 0.289. The summed E-state index contributed by atoms with van der Waals surface area (Å²) in [6, 6.07) is 10.4. The third-order valence-electron chi connectivity index (χ3n) is 6.89. The Morgan fingerprint density at radius 2 is 1.87 bits per heavy atom. The van der Waals surface area contributed by atoms with Crippen LogP contribution in [0.15, 0.2) is 42.5 Å². The van der Waals surface area contributed by atoms with Crippen molar-refractivity contribution in [2.24, 2.45) is 5.92 Å². The van der Waals surface area contributed by atoms with Gasteiger partial charge < -0.3 is 20.6 Å². The van der Waals surface area contributed by atoms with Gasteiger partial charge in [0, 0.05) is 41.9 Å². The Morgan fingerprint density at radius 1 is 1.15 bits per heavy atom. The summed E-state index contributed by atoms with van der Waals surface area (Å²) in [5.74, 6) is -1.55. The Morgan fingerprint density at radius 3 is 2.51 bits per heavy atom. The Balaban J connectivity index is 1.66. The van der Waals surface area contributed by atoms with Gasteiger partial charge in [-0.3, -0.25) is 14.5 Å². The topological polar surface area (TPSA) is 84.9 Å². The van der Waals surface area contributed by atoms with Crippen molar-refractivity contribution in [1.82, 2.24) is 20.4 Å². The maximum Gasteiger partial charge on any atom is 0.237 e. The van der Waals surface area contributed by atoms with Gasteiger partial charge in [-0.2, -0.15) is 0 Å². The highest BCUT2D eigenvalue weighted by Gasteiger charge is 2.34. The highest BCUT2D eigenvalue weighted by Crippen LogP contribution is 2.19. The van der Waals surface area contributed by atoms with Crippen molar-refractivity contribution < 1.29 is 23.5 Å². The van der Waals surface area contributed by atoms with Crippen LogP contribution in [0.5, 0.6) is 0 Å². The first-order chi connectivity index (χ1) is 18.5. The van der Waals surface area contributed by atoms with Crippen LogP contribution in [0.2, 0.25) is 0 Å². The zero-order chi connectivity index (χ0) is 28.5. The van der Waals surface area contributed by atoms with Crippen molar-refractivity contribution in [3.8, 4) is 0 Å². The summed E-state index contributed by atoms with van der Waals surface area (Å²) in [5, 5.41) is 17.1. The third kappa shape index (κ3) is 9.77. The molecular weight excluding hydrogens is 617 g/mol. The first-order valence-corrected chi connectivity index (χ1v) is 14.5. The molecule has 10 heteroatoms. The molecule has 0 aliphatic carbocycles. The minimum Gasteiger partial charge on any atom is -0.390 e. The largest absolute Gasteiger partial charge is 0.390 e. The lowest BCUT2D eigenvalue weighted by molar-refractivity contribution is -0.142. The van der Waals surface area contributed by atoms with Crippen LogP contribution in [-0.2, 0) is 22.6 Å². The van der Waals surface area contributed by atoms with E-state index < -0.39 is 23.8 Å². The van der Waals surface area contributed by atoms with Crippen molar-refractivity contribution in [1.29, 1.82) is 0 Å². The summed E-state index contributed by atoms with van der Waals surface area (Å²) >= 11 is 2.23. The van der Waals surface area contributed by atoms with Gasteiger partial charge in [-0.1, -0.05) is 32.9 Å². The number of amides is 2. The molecule has 7 nitrogen and oxygen atoms in total. The smallest absolute Gasteiger partial charge is 0.237 e. The Kier molecular flexibility index (Phi) is 12.1. The van der Waals surface area contributed by atoms with Crippen LogP contribution in [0.3, 0.4) is 0 Å². The highest BCUT2D eigenvalue weighted by atomic mass is 127. The summed E-state index contributed by atoms with van der Waals surface area (Å²) in [6.45, 7) is 8.27. The lowest BCUT2D eigenvalue weighted by Crippen LogP contribution is -2.60. The third-order valence-corrected chi connectivity index (χ3v) is 7.56. The number of benzene rings is 2. The number of carbonyl (C=O) groups is 2. The second-order valence-electron chi connectivity index (χ2n) is 10.6. The van der Waals surface area contributed by atoms with Gasteiger partial charge in [0.15, 0.2) is 0 Å². The number of hydrogen-bond donors (Lipinski definition) is 3. The second kappa shape index (κ2) is 15.0. The molecule has 39 heavy (non-hydrogen) atoms. The average Bonchev–Trinajstić information content (AvgIpc) is 2.84. The number of halogens is 3. The molecule has 0 radical (unpaired) electrons. The molecule has 1 aliphatic heterocycles. The van der Waals surface area contributed by atoms with Gasteiger partial charge in [-0.15, -0.1) is 0 Å². The minimum absolute atomic E-state index is 0.00110. The van der Waals surface area contributed by atoms with Crippen LogP contribution >= 0.6 is 22.6 Å². The molecule has 3 rings (SSSR count). The van der Waals surface area contributed by atoms with E-state index in [1.807, 2.05) is 41.0 Å². The first-order valence-electron chi connectivity index (χ1n) is 13.4. The summed E-state index contributed by atoms with van der Waals surface area (Å²) in [6.07, 6.45) is -0.105. The SMILES string of the molecule is CCCN1C(=O)CN(CC(=O)N[C@@H](Cc2cc(F)cc(F)c2)[C@@H](O)CNCc2cccc(I)c2)C[C@H]1C(C)C. The van der Waals surface area contributed by atoms with Gasteiger partial charge in [0.1, 0.15) is 11.6 Å². The number of carbonyl (C=O) groups excluding carboxylic acids is 2. The lowest BCUT2D eigenvalue weighted by atomic mass is 9.98. The normalized spacial score (nSPS) is 17.9. The number of aliphatic hydroxyl groups excluding tert-OH is 1. The van der Waals surface area contributed by atoms with E-state index >= 15 is 0 Å². The zero-order valence-electron chi connectivity index (χ0n) is 22.8. The van der Waals surface area contributed by atoms with Gasteiger partial charge in [-0.05, 0) is 76.7 Å². The molecule has 1 aliphatic rings. The number of rotatable bonds is 13. The van der Waals surface area contributed by atoms with Crippen molar-refractivity contribution in [2.75, 3.05) is 32.7 Å². The van der Waals surface area contributed by atoms with Crippen LogP contribution in [0.1, 0.15) is 38.3 Å². The van der Waals surface area contributed by atoms with E-state index in [0.29, 0.717) is 25.2 Å². The van der Waals surface area contributed by atoms with E-state index in [9.17, 15) is 23.5 Å². The molecule has 0 bridgehead atoms. The molecule has 0 aromatic heterocycles. The van der Waals surface area contributed by atoms with Crippen LogP contribution in [-0.4, -0.2) is 77.6 Å². The Bertz CT molecular complexity index is 1100. The molecular formula is C29H39F2IN4O3. The molecule has 1 heterocycles. The molecule has 2 aromatic rings. The standard InChI is InChI=1S/C29H39F2IN4O3/c1-4-8-36-26(19(2)3)16-35(18-29(36)39)17-28(38)34-25(12-21-9-22(30)13-23(31)10-21)27(37)15-33-14-20-6-5-7-24(32)11-20/h5-7,9-11,13,19,25-27,33,37H,4,8,12,14-18H2,1-3H3,(H,34,38)/t25-,26-,27-/m0/s1. The molecule has 214 valence electrons. The van der Waals surface area contributed by atoms with Crippen molar-refractivity contribution in [3.63, 3.8) is 0 Å². The van der Waals surface area contributed by atoms with Gasteiger partial charge in [0.05, 0.1) is 25.2 Å². The molecule has 3 N–H and O–H groups in total. The minimum atomic E-state index is -1.02. The Hall–Kier alpha value is -2.15. The van der Waals surface area contributed by atoms with E-state index in [0.717, 1.165) is 21.6 Å². The molecule has 1 fully saturated rings. The number of hydrogen-bond acceptors (Lipinski definition) is 5. The van der Waals surface area contributed by atoms with Gasteiger partial charge >= 0.3 is 0 Å². The summed E-state index contributed by atoms with van der Waals surface area (Å²) in [5.41, 5.74) is 1.38. The van der Waals surface area contributed by atoms with Gasteiger partial charge in [0.2, 0.25) is 11.8 Å². The second-order valence-corrected chi connectivity index (χ2v) is 11.8.